The van der Waals surface area contributed by atoms with Gasteiger partial charge in [0.05, 0.1) is 18.4 Å². The molecule has 2 N–H and O–H groups in total. The van der Waals surface area contributed by atoms with Crippen LogP contribution in [0, 0.1) is 5.82 Å². The van der Waals surface area contributed by atoms with Gasteiger partial charge >= 0.3 is 6.03 Å². The number of hydrogen-bond donors (Lipinski definition) is 2. The molecule has 0 saturated carbocycles. The van der Waals surface area contributed by atoms with Crippen LogP contribution in [0.2, 0.25) is 0 Å². The van der Waals surface area contributed by atoms with Crippen LogP contribution >= 0.6 is 0 Å². The fourth-order valence-electron chi connectivity index (χ4n) is 4.22. The van der Waals surface area contributed by atoms with Gasteiger partial charge in [0.1, 0.15) is 11.4 Å². The molecule has 4 rings (SSSR count). The molecule has 0 radical (unpaired) electrons. The number of amides is 3. The van der Waals surface area contributed by atoms with Gasteiger partial charge in [-0.15, -0.1) is 0 Å². The van der Waals surface area contributed by atoms with E-state index in [1.54, 1.807) is 9.80 Å². The van der Waals surface area contributed by atoms with Gasteiger partial charge in [-0.25, -0.2) is 9.18 Å². The third-order valence-electron chi connectivity index (χ3n) is 5.95. The van der Waals surface area contributed by atoms with E-state index >= 15 is 0 Å². The number of nitrogens with one attached hydrogen (secondary N) is 1. The molecule has 2 aromatic rings. The SMILES string of the molecule is CC(C)(O)C(=O)N1CCC(c2ccc(NC(=O)N3Cc4cc(F)cnc4C3)cc2)CC1. The standard InChI is InChI=1S/C23H27FN4O3/c1-23(2,31)21(29)27-9-7-16(8-10-27)15-3-5-19(6-4-15)26-22(30)28-13-17-11-18(24)12-25-20(17)14-28/h3-6,11-12,16,31H,7-10,13-14H2,1-2H3,(H,26,30). The largest absolute Gasteiger partial charge is 0.381 e. The molecule has 7 nitrogen and oxygen atoms in total. The van der Waals surface area contributed by atoms with Crippen molar-refractivity contribution in [1.29, 1.82) is 0 Å². The summed E-state index contributed by atoms with van der Waals surface area (Å²) in [5.74, 6) is -0.289. The lowest BCUT2D eigenvalue weighted by atomic mass is 9.89. The molecular formula is C23H27FN4O3. The summed E-state index contributed by atoms with van der Waals surface area (Å²) < 4.78 is 13.3. The Morgan fingerprint density at radius 3 is 2.45 bits per heavy atom. The zero-order valence-electron chi connectivity index (χ0n) is 17.8. The molecule has 1 fully saturated rings. The number of aliphatic hydroxyl groups is 1. The Labute approximate surface area is 180 Å². The molecule has 1 aromatic heterocycles. The second-order valence-electron chi connectivity index (χ2n) is 8.79. The van der Waals surface area contributed by atoms with Crippen molar-refractivity contribution in [3.8, 4) is 0 Å². The lowest BCUT2D eigenvalue weighted by molar-refractivity contribution is -0.148. The number of fused-ring (bicyclic) bond motifs is 1. The molecule has 2 aliphatic rings. The molecule has 0 aliphatic carbocycles. The van der Waals surface area contributed by atoms with Crippen molar-refractivity contribution in [3.63, 3.8) is 0 Å². The first kappa shape index (κ1) is 21.2. The van der Waals surface area contributed by atoms with E-state index in [0.717, 1.165) is 24.1 Å². The van der Waals surface area contributed by atoms with Crippen molar-refractivity contribution < 1.29 is 19.1 Å². The van der Waals surface area contributed by atoms with Gasteiger partial charge in [-0.2, -0.15) is 0 Å². The second-order valence-corrected chi connectivity index (χ2v) is 8.79. The van der Waals surface area contributed by atoms with Crippen molar-refractivity contribution in [3.05, 3.63) is 59.2 Å². The van der Waals surface area contributed by atoms with Crippen molar-refractivity contribution in [1.82, 2.24) is 14.8 Å². The number of halogens is 1. The van der Waals surface area contributed by atoms with E-state index in [0.29, 0.717) is 37.8 Å². The van der Waals surface area contributed by atoms with E-state index < -0.39 is 11.4 Å². The summed E-state index contributed by atoms with van der Waals surface area (Å²) in [5.41, 5.74) is 1.98. The quantitative estimate of drug-likeness (QED) is 0.789. The summed E-state index contributed by atoms with van der Waals surface area (Å²) in [6.07, 6.45) is 2.84. The Morgan fingerprint density at radius 2 is 1.81 bits per heavy atom. The van der Waals surface area contributed by atoms with E-state index in [2.05, 4.69) is 10.3 Å². The highest BCUT2D eigenvalue weighted by Crippen LogP contribution is 2.30. The predicted molar refractivity (Wildman–Crippen MR) is 114 cm³/mol. The van der Waals surface area contributed by atoms with Crippen LogP contribution < -0.4 is 5.32 Å². The monoisotopic (exact) mass is 426 g/mol. The van der Waals surface area contributed by atoms with Crippen LogP contribution in [0.15, 0.2) is 36.5 Å². The van der Waals surface area contributed by atoms with Gasteiger partial charge in [-0.05, 0) is 61.9 Å². The number of anilines is 1. The molecule has 31 heavy (non-hydrogen) atoms. The van der Waals surface area contributed by atoms with Crippen molar-refractivity contribution >= 4 is 17.6 Å². The zero-order valence-corrected chi connectivity index (χ0v) is 17.8. The molecule has 3 amide bonds. The minimum Gasteiger partial charge on any atom is -0.381 e. The first-order valence-corrected chi connectivity index (χ1v) is 10.5. The minimum atomic E-state index is -1.34. The first-order chi connectivity index (χ1) is 14.7. The maximum Gasteiger partial charge on any atom is 0.322 e. The van der Waals surface area contributed by atoms with Gasteiger partial charge < -0.3 is 20.2 Å². The summed E-state index contributed by atoms with van der Waals surface area (Å²) in [4.78, 5) is 32.2. The number of aromatic nitrogens is 1. The topological polar surface area (TPSA) is 85.8 Å². The molecule has 164 valence electrons. The molecule has 0 spiro atoms. The number of nitrogens with zero attached hydrogens (tertiary/aromatic N) is 3. The lowest BCUT2D eigenvalue weighted by Gasteiger charge is -2.35. The Morgan fingerprint density at radius 1 is 1.13 bits per heavy atom. The summed E-state index contributed by atoms with van der Waals surface area (Å²) in [7, 11) is 0. The van der Waals surface area contributed by atoms with Gasteiger partial charge in [-0.1, -0.05) is 12.1 Å². The first-order valence-electron chi connectivity index (χ1n) is 10.5. The van der Waals surface area contributed by atoms with Gasteiger partial charge in [0, 0.05) is 25.3 Å². The fraction of sp³-hybridized carbons (Fsp3) is 0.435. The van der Waals surface area contributed by atoms with E-state index in [1.807, 2.05) is 24.3 Å². The normalized spacial score (nSPS) is 16.9. The maximum atomic E-state index is 13.3. The number of piperidine rings is 1. The summed E-state index contributed by atoms with van der Waals surface area (Å²) >= 11 is 0. The lowest BCUT2D eigenvalue weighted by Crippen LogP contribution is -2.48. The average Bonchev–Trinajstić information content (AvgIpc) is 3.17. The van der Waals surface area contributed by atoms with E-state index in [4.69, 9.17) is 0 Å². The average molecular weight is 426 g/mol. The van der Waals surface area contributed by atoms with E-state index in [1.165, 1.54) is 31.7 Å². The number of carbonyl (C=O) groups is 2. The Hall–Kier alpha value is -3.00. The molecule has 1 aromatic carbocycles. The van der Waals surface area contributed by atoms with Gasteiger partial charge in [0.2, 0.25) is 0 Å². The van der Waals surface area contributed by atoms with E-state index in [9.17, 15) is 19.1 Å². The number of carbonyl (C=O) groups excluding carboxylic acids is 2. The zero-order chi connectivity index (χ0) is 22.2. The Kier molecular flexibility index (Phi) is 5.66. The predicted octanol–water partition coefficient (Wildman–Crippen LogP) is 3.25. The van der Waals surface area contributed by atoms with Gasteiger partial charge in [0.15, 0.2) is 0 Å². The highest BCUT2D eigenvalue weighted by Gasteiger charge is 2.32. The van der Waals surface area contributed by atoms with Crippen LogP contribution in [-0.2, 0) is 17.9 Å². The number of hydrogen-bond acceptors (Lipinski definition) is 4. The fourth-order valence-corrected chi connectivity index (χ4v) is 4.22. The number of benzene rings is 1. The van der Waals surface area contributed by atoms with Crippen molar-refractivity contribution in [2.24, 2.45) is 0 Å². The summed E-state index contributed by atoms with van der Waals surface area (Å²) in [6, 6.07) is 8.94. The molecule has 0 atom stereocenters. The molecule has 8 heteroatoms. The third-order valence-corrected chi connectivity index (χ3v) is 5.95. The molecule has 3 heterocycles. The van der Waals surface area contributed by atoms with Crippen LogP contribution in [0.5, 0.6) is 0 Å². The van der Waals surface area contributed by atoms with Gasteiger partial charge in [-0.3, -0.25) is 9.78 Å². The molecule has 0 unspecified atom stereocenters. The summed E-state index contributed by atoms with van der Waals surface area (Å²) in [5, 5.41) is 12.8. The van der Waals surface area contributed by atoms with Crippen molar-refractivity contribution in [2.45, 2.75) is 51.3 Å². The van der Waals surface area contributed by atoms with E-state index in [-0.39, 0.29) is 11.9 Å². The Bertz CT molecular complexity index is 979. The summed E-state index contributed by atoms with van der Waals surface area (Å²) in [6.45, 7) is 4.98. The van der Waals surface area contributed by atoms with Crippen LogP contribution in [0.1, 0.15) is 49.4 Å². The molecule has 1 saturated heterocycles. The maximum absolute atomic E-state index is 13.3. The van der Waals surface area contributed by atoms with Crippen molar-refractivity contribution in [2.75, 3.05) is 18.4 Å². The number of pyridine rings is 1. The Balaban J connectivity index is 1.31. The van der Waals surface area contributed by atoms with Crippen LogP contribution in [0.25, 0.3) is 0 Å². The van der Waals surface area contributed by atoms with Crippen LogP contribution in [0.4, 0.5) is 14.9 Å². The molecule has 2 aliphatic heterocycles. The number of likely N-dealkylation sites (tertiary alicyclic amines) is 1. The van der Waals surface area contributed by atoms with Gasteiger partial charge in [0.25, 0.3) is 5.91 Å². The highest BCUT2D eigenvalue weighted by molar-refractivity contribution is 5.89. The highest BCUT2D eigenvalue weighted by atomic mass is 19.1. The van der Waals surface area contributed by atoms with Crippen LogP contribution in [-0.4, -0.2) is 50.5 Å². The number of urea groups is 1. The molecular weight excluding hydrogens is 399 g/mol. The minimum absolute atomic E-state index is 0.231. The second kappa shape index (κ2) is 8.26. The third kappa shape index (κ3) is 4.69. The van der Waals surface area contributed by atoms with Crippen LogP contribution in [0.3, 0.4) is 0 Å². The molecule has 0 bridgehead atoms. The number of rotatable bonds is 3. The smallest absolute Gasteiger partial charge is 0.322 e.